The van der Waals surface area contributed by atoms with Crippen molar-refractivity contribution in [1.29, 1.82) is 0 Å². The van der Waals surface area contributed by atoms with E-state index in [0.29, 0.717) is 0 Å². The van der Waals surface area contributed by atoms with Gasteiger partial charge in [-0.2, -0.15) is 0 Å². The van der Waals surface area contributed by atoms with E-state index in [2.05, 4.69) is 98.2 Å². The Hall–Kier alpha value is 1.28. The number of hydrogen-bond acceptors (Lipinski definition) is 6. The summed E-state index contributed by atoms with van der Waals surface area (Å²) >= 11 is 0. The Balaban J connectivity index is 5.00. The minimum Gasteiger partial charge on any atom is -0.439 e. The van der Waals surface area contributed by atoms with Crippen LogP contribution in [0.25, 0.3) is 0 Å². The highest BCUT2D eigenvalue weighted by Crippen LogP contribution is 2.26. The molecule has 170 valence electrons. The Kier molecular flexibility index (Phi) is 10.3. The highest BCUT2D eigenvalue weighted by Gasteiger charge is 2.46. The van der Waals surface area contributed by atoms with Crippen LogP contribution < -0.4 is 0 Å². The van der Waals surface area contributed by atoms with Crippen LogP contribution in [0.2, 0.25) is 98.2 Å². The lowest BCUT2D eigenvalue weighted by atomic mass is 11.8. The van der Waals surface area contributed by atoms with Crippen LogP contribution in [-0.2, 0) is 24.7 Å². The lowest BCUT2D eigenvalue weighted by Crippen LogP contribution is -2.59. The zero-order chi connectivity index (χ0) is 22.8. The largest absolute Gasteiger partial charge is 0.439 e. The molecular formula is C15H46O6Si7. The SMILES string of the molecule is C[SiH](O[Si](C)(C)C)O[Si](C)(C)O[Si](C)(C)O[Si](C)(C)O[Si](C)(C)O[Si](C)(C)C. The quantitative estimate of drug-likeness (QED) is 0.322. The lowest BCUT2D eigenvalue weighted by Gasteiger charge is -2.42. The standard InChI is InChI=1S/C15H46O6Si7/c1-22(16-23(2,3)4)17-25(8,9)19-27(12,13)21-28(14,15)20-26(10,11)18-24(5,6)7/h22H,1-15H3. The molecule has 0 aliphatic heterocycles. The topological polar surface area (TPSA) is 55.4 Å². The lowest BCUT2D eigenvalue weighted by molar-refractivity contribution is 0.277. The van der Waals surface area contributed by atoms with Gasteiger partial charge >= 0.3 is 34.2 Å². The van der Waals surface area contributed by atoms with Crippen LogP contribution in [0.5, 0.6) is 0 Å². The van der Waals surface area contributed by atoms with Gasteiger partial charge in [-0.1, -0.05) is 0 Å². The fourth-order valence-corrected chi connectivity index (χ4v) is 33.7. The van der Waals surface area contributed by atoms with Crippen molar-refractivity contribution < 1.29 is 24.7 Å². The molecule has 0 spiro atoms. The molecule has 0 aliphatic rings. The molecule has 1 unspecified atom stereocenters. The van der Waals surface area contributed by atoms with E-state index in [4.69, 9.17) is 24.7 Å². The summed E-state index contributed by atoms with van der Waals surface area (Å²) in [6.45, 7) is 32.0. The number of hydrogen-bond donors (Lipinski definition) is 0. The van der Waals surface area contributed by atoms with Gasteiger partial charge in [0.25, 0.3) is 9.28 Å². The molecule has 0 bridgehead atoms. The van der Waals surface area contributed by atoms with Crippen LogP contribution in [0.4, 0.5) is 0 Å². The highest BCUT2D eigenvalue weighted by atomic mass is 28.5. The Bertz CT molecular complexity index is 500. The van der Waals surface area contributed by atoms with Gasteiger partial charge in [0.2, 0.25) is 0 Å². The maximum absolute atomic E-state index is 6.54. The van der Waals surface area contributed by atoms with E-state index in [1.54, 1.807) is 0 Å². The van der Waals surface area contributed by atoms with Crippen LogP contribution in [0, 0.1) is 0 Å². The van der Waals surface area contributed by atoms with Gasteiger partial charge in [-0.05, 0) is 98.2 Å². The molecule has 28 heavy (non-hydrogen) atoms. The van der Waals surface area contributed by atoms with Gasteiger partial charge in [-0.25, -0.2) is 0 Å². The monoisotopic (exact) mass is 518 g/mol. The molecule has 13 heteroatoms. The predicted octanol–water partition coefficient (Wildman–Crippen LogP) is 5.41. The van der Waals surface area contributed by atoms with Crippen molar-refractivity contribution in [3.8, 4) is 0 Å². The average molecular weight is 519 g/mol. The zero-order valence-corrected chi connectivity index (χ0v) is 28.2. The van der Waals surface area contributed by atoms with E-state index >= 15 is 0 Å². The van der Waals surface area contributed by atoms with Crippen molar-refractivity contribution >= 4 is 60.2 Å². The number of rotatable bonds is 12. The molecule has 6 nitrogen and oxygen atoms in total. The molecular weight excluding hydrogens is 473 g/mol. The molecule has 0 N–H and O–H groups in total. The summed E-state index contributed by atoms with van der Waals surface area (Å²) in [6, 6.07) is 0. The summed E-state index contributed by atoms with van der Waals surface area (Å²) < 4.78 is 38.3. The van der Waals surface area contributed by atoms with Gasteiger partial charge in [-0.3, -0.25) is 0 Å². The third-order valence-electron chi connectivity index (χ3n) is 3.00. The van der Waals surface area contributed by atoms with E-state index in [9.17, 15) is 0 Å². The van der Waals surface area contributed by atoms with Crippen LogP contribution in [-0.4, -0.2) is 60.2 Å². The van der Waals surface area contributed by atoms with E-state index < -0.39 is 60.2 Å². The Morgan fingerprint density at radius 1 is 0.393 bits per heavy atom. The first kappa shape index (κ1) is 29.3. The zero-order valence-electron chi connectivity index (χ0n) is 21.0. The van der Waals surface area contributed by atoms with Crippen LogP contribution >= 0.6 is 0 Å². The molecule has 0 rings (SSSR count). The summed E-state index contributed by atoms with van der Waals surface area (Å²) in [4.78, 5) is 0. The van der Waals surface area contributed by atoms with Crippen molar-refractivity contribution in [1.82, 2.24) is 0 Å². The van der Waals surface area contributed by atoms with E-state index in [1.807, 2.05) is 0 Å². The summed E-state index contributed by atoms with van der Waals surface area (Å²) in [5, 5.41) is 0. The Morgan fingerprint density at radius 3 is 1.04 bits per heavy atom. The first-order valence-corrected chi connectivity index (χ1v) is 30.3. The maximum Gasteiger partial charge on any atom is 0.314 e. The van der Waals surface area contributed by atoms with E-state index in [-0.39, 0.29) is 0 Å². The molecule has 0 aliphatic carbocycles. The molecule has 0 aromatic carbocycles. The summed E-state index contributed by atoms with van der Waals surface area (Å²) in [5.41, 5.74) is 0. The summed E-state index contributed by atoms with van der Waals surface area (Å²) in [6.07, 6.45) is 0. The van der Waals surface area contributed by atoms with Crippen molar-refractivity contribution in [2.45, 2.75) is 98.2 Å². The molecule has 0 amide bonds. The van der Waals surface area contributed by atoms with Gasteiger partial charge in [-0.15, -0.1) is 0 Å². The normalized spacial score (nSPS) is 16.4. The van der Waals surface area contributed by atoms with Crippen molar-refractivity contribution in [2.24, 2.45) is 0 Å². The molecule has 0 aromatic heterocycles. The van der Waals surface area contributed by atoms with E-state index in [0.717, 1.165) is 0 Å². The van der Waals surface area contributed by atoms with Crippen LogP contribution in [0.1, 0.15) is 0 Å². The average Bonchev–Trinajstić information content (AvgIpc) is 2.12. The Labute approximate surface area is 182 Å². The Morgan fingerprint density at radius 2 is 0.714 bits per heavy atom. The predicted molar refractivity (Wildman–Crippen MR) is 136 cm³/mol. The maximum atomic E-state index is 6.54. The minimum absolute atomic E-state index is 1.60. The second-order valence-electron chi connectivity index (χ2n) is 11.0. The fraction of sp³-hybridized carbons (Fsp3) is 1.00. The molecule has 0 fully saturated rings. The first-order chi connectivity index (χ1) is 11.9. The third-order valence-corrected chi connectivity index (χ3v) is 27.0. The minimum atomic E-state index is -2.43. The molecule has 0 radical (unpaired) electrons. The second kappa shape index (κ2) is 9.82. The van der Waals surface area contributed by atoms with Crippen molar-refractivity contribution in [2.75, 3.05) is 0 Å². The molecule has 1 atom stereocenters. The summed E-state index contributed by atoms with van der Waals surface area (Å²) in [5.74, 6) is 0. The smallest absolute Gasteiger partial charge is 0.314 e. The first-order valence-electron chi connectivity index (χ1n) is 10.1. The molecule has 0 heterocycles. The van der Waals surface area contributed by atoms with Gasteiger partial charge in [0.1, 0.15) is 0 Å². The van der Waals surface area contributed by atoms with Gasteiger partial charge < -0.3 is 24.7 Å². The summed E-state index contributed by atoms with van der Waals surface area (Å²) in [7, 11) is -14.4. The van der Waals surface area contributed by atoms with E-state index in [1.165, 1.54) is 0 Å². The van der Waals surface area contributed by atoms with Crippen LogP contribution in [0.15, 0.2) is 0 Å². The van der Waals surface area contributed by atoms with Crippen LogP contribution in [0.3, 0.4) is 0 Å². The van der Waals surface area contributed by atoms with Crippen molar-refractivity contribution in [3.05, 3.63) is 0 Å². The molecule has 0 saturated carbocycles. The van der Waals surface area contributed by atoms with Gasteiger partial charge in [0.05, 0.1) is 0 Å². The highest BCUT2D eigenvalue weighted by molar-refractivity contribution is 6.90. The molecule has 0 saturated heterocycles. The molecule has 0 aromatic rings. The van der Waals surface area contributed by atoms with Gasteiger partial charge in [0, 0.05) is 0 Å². The fourth-order valence-electron chi connectivity index (χ4n) is 3.52. The van der Waals surface area contributed by atoms with Gasteiger partial charge in [0.15, 0.2) is 16.6 Å². The third kappa shape index (κ3) is 15.1. The second-order valence-corrected chi connectivity index (χ2v) is 37.0. The van der Waals surface area contributed by atoms with Crippen molar-refractivity contribution in [3.63, 3.8) is 0 Å².